The van der Waals surface area contributed by atoms with Crippen molar-refractivity contribution in [3.05, 3.63) is 58.6 Å². The second kappa shape index (κ2) is 7.23. The molecule has 0 atom stereocenters. The summed E-state index contributed by atoms with van der Waals surface area (Å²) in [6.07, 6.45) is 0. The van der Waals surface area contributed by atoms with E-state index in [1.807, 2.05) is 37.4 Å². The summed E-state index contributed by atoms with van der Waals surface area (Å²) in [5, 5.41) is 9.76. The van der Waals surface area contributed by atoms with Gasteiger partial charge in [-0.1, -0.05) is 32.0 Å². The van der Waals surface area contributed by atoms with E-state index < -0.39 is 0 Å². The molecule has 3 aromatic rings. The van der Waals surface area contributed by atoms with E-state index >= 15 is 0 Å². The molecule has 0 saturated carbocycles. The number of carbonyl (C=O) groups is 1. The largest absolute Gasteiger partial charge is 0.350 e. The molecule has 2 heterocycles. The standard InChI is InChI=1S/C20H23N3OS/c1-13(2)12-21-20(24)18-11-16(19-6-5-9-25-19)22-23(18)17-10-14(3)7-8-15(17)4/h5-11,13H,12H2,1-4H3,(H,21,24). The molecular formula is C20H23N3OS. The molecule has 3 rings (SSSR count). The van der Waals surface area contributed by atoms with E-state index in [2.05, 4.69) is 37.4 Å². The number of amides is 1. The van der Waals surface area contributed by atoms with E-state index in [0.717, 1.165) is 27.4 Å². The highest BCUT2D eigenvalue weighted by molar-refractivity contribution is 7.13. The Morgan fingerprint density at radius 1 is 1.24 bits per heavy atom. The number of carbonyl (C=O) groups excluding carboxylic acids is 1. The molecule has 0 aliphatic rings. The molecule has 0 aliphatic carbocycles. The van der Waals surface area contributed by atoms with Crippen LogP contribution >= 0.6 is 11.3 Å². The average molecular weight is 353 g/mol. The SMILES string of the molecule is Cc1ccc(C)c(-n2nc(-c3cccs3)cc2C(=O)NCC(C)C)c1. The van der Waals surface area contributed by atoms with Crippen LogP contribution in [0.3, 0.4) is 0 Å². The number of aromatic nitrogens is 2. The molecule has 0 spiro atoms. The fourth-order valence-electron chi connectivity index (χ4n) is 2.61. The number of hydrogen-bond acceptors (Lipinski definition) is 3. The van der Waals surface area contributed by atoms with Crippen molar-refractivity contribution in [2.45, 2.75) is 27.7 Å². The number of aryl methyl sites for hydroxylation is 2. The number of hydrogen-bond donors (Lipinski definition) is 1. The molecule has 1 aromatic carbocycles. The van der Waals surface area contributed by atoms with E-state index in [4.69, 9.17) is 5.10 Å². The Bertz CT molecular complexity index is 878. The van der Waals surface area contributed by atoms with E-state index in [-0.39, 0.29) is 5.91 Å². The average Bonchev–Trinajstić information content (AvgIpc) is 3.23. The van der Waals surface area contributed by atoms with E-state index in [1.54, 1.807) is 16.0 Å². The van der Waals surface area contributed by atoms with Crippen LogP contribution in [0.2, 0.25) is 0 Å². The summed E-state index contributed by atoms with van der Waals surface area (Å²) in [5.74, 6) is 0.308. The number of nitrogens with zero attached hydrogens (tertiary/aromatic N) is 2. The summed E-state index contributed by atoms with van der Waals surface area (Å²) >= 11 is 1.62. The Labute approximate surface area is 152 Å². The summed E-state index contributed by atoms with van der Waals surface area (Å²) in [6.45, 7) is 8.89. The minimum absolute atomic E-state index is 0.0927. The van der Waals surface area contributed by atoms with Gasteiger partial charge >= 0.3 is 0 Å². The minimum Gasteiger partial charge on any atom is -0.350 e. The lowest BCUT2D eigenvalue weighted by atomic mass is 10.1. The Hall–Kier alpha value is -2.40. The first kappa shape index (κ1) is 17.4. The predicted octanol–water partition coefficient (Wildman–Crippen LogP) is 4.60. The molecule has 1 N–H and O–H groups in total. The normalized spacial score (nSPS) is 11.1. The summed E-state index contributed by atoms with van der Waals surface area (Å²) in [7, 11) is 0. The fraction of sp³-hybridized carbons (Fsp3) is 0.300. The summed E-state index contributed by atoms with van der Waals surface area (Å²) in [5.41, 5.74) is 4.56. The molecule has 130 valence electrons. The predicted molar refractivity (Wildman–Crippen MR) is 104 cm³/mol. The van der Waals surface area contributed by atoms with Gasteiger partial charge in [-0.25, -0.2) is 4.68 Å². The van der Waals surface area contributed by atoms with Gasteiger partial charge in [-0.15, -0.1) is 11.3 Å². The maximum atomic E-state index is 12.8. The van der Waals surface area contributed by atoms with Crippen molar-refractivity contribution in [3.8, 4) is 16.3 Å². The third kappa shape index (κ3) is 3.82. The zero-order chi connectivity index (χ0) is 18.0. The zero-order valence-corrected chi connectivity index (χ0v) is 15.9. The van der Waals surface area contributed by atoms with E-state index in [9.17, 15) is 4.79 Å². The van der Waals surface area contributed by atoms with Crippen molar-refractivity contribution in [1.82, 2.24) is 15.1 Å². The maximum absolute atomic E-state index is 12.8. The van der Waals surface area contributed by atoms with Crippen LogP contribution in [0, 0.1) is 19.8 Å². The summed E-state index contributed by atoms with van der Waals surface area (Å²) < 4.78 is 1.77. The van der Waals surface area contributed by atoms with Crippen molar-refractivity contribution < 1.29 is 4.79 Å². The van der Waals surface area contributed by atoms with Crippen molar-refractivity contribution in [2.75, 3.05) is 6.54 Å². The van der Waals surface area contributed by atoms with Gasteiger partial charge in [0, 0.05) is 6.54 Å². The van der Waals surface area contributed by atoms with Gasteiger partial charge in [0.15, 0.2) is 0 Å². The Morgan fingerprint density at radius 2 is 2.04 bits per heavy atom. The van der Waals surface area contributed by atoms with Crippen molar-refractivity contribution >= 4 is 17.2 Å². The van der Waals surface area contributed by atoms with Gasteiger partial charge in [-0.2, -0.15) is 5.10 Å². The van der Waals surface area contributed by atoms with Gasteiger partial charge in [0.1, 0.15) is 11.4 Å². The molecule has 0 saturated heterocycles. The smallest absolute Gasteiger partial charge is 0.270 e. The maximum Gasteiger partial charge on any atom is 0.270 e. The summed E-state index contributed by atoms with van der Waals surface area (Å²) in [6, 6.07) is 12.1. The third-order valence-electron chi connectivity index (χ3n) is 3.98. The topological polar surface area (TPSA) is 46.9 Å². The highest BCUT2D eigenvalue weighted by Gasteiger charge is 2.19. The Morgan fingerprint density at radius 3 is 2.72 bits per heavy atom. The first-order valence-corrected chi connectivity index (χ1v) is 9.33. The molecule has 5 heteroatoms. The van der Waals surface area contributed by atoms with Crippen LogP contribution in [-0.4, -0.2) is 22.2 Å². The lowest BCUT2D eigenvalue weighted by Gasteiger charge is -2.12. The quantitative estimate of drug-likeness (QED) is 0.728. The molecule has 0 aliphatic heterocycles. The van der Waals surface area contributed by atoms with Gasteiger partial charge in [0.2, 0.25) is 0 Å². The zero-order valence-electron chi connectivity index (χ0n) is 15.0. The van der Waals surface area contributed by atoms with E-state index in [1.165, 1.54) is 0 Å². The highest BCUT2D eigenvalue weighted by Crippen LogP contribution is 2.27. The molecule has 4 nitrogen and oxygen atoms in total. The first-order chi connectivity index (χ1) is 12.0. The number of benzene rings is 1. The minimum atomic E-state index is -0.0927. The van der Waals surface area contributed by atoms with Crippen LogP contribution in [0.4, 0.5) is 0 Å². The van der Waals surface area contributed by atoms with Crippen LogP contribution in [0.15, 0.2) is 41.8 Å². The van der Waals surface area contributed by atoms with Gasteiger partial charge in [0.05, 0.1) is 10.6 Å². The van der Waals surface area contributed by atoms with Crippen LogP contribution in [-0.2, 0) is 0 Å². The van der Waals surface area contributed by atoms with Gasteiger partial charge in [0.25, 0.3) is 5.91 Å². The molecule has 0 radical (unpaired) electrons. The number of thiophene rings is 1. The van der Waals surface area contributed by atoms with Crippen LogP contribution in [0.1, 0.15) is 35.5 Å². The number of nitrogens with one attached hydrogen (secondary N) is 1. The van der Waals surface area contributed by atoms with Crippen LogP contribution < -0.4 is 5.32 Å². The van der Waals surface area contributed by atoms with Crippen molar-refractivity contribution in [2.24, 2.45) is 5.92 Å². The van der Waals surface area contributed by atoms with Crippen molar-refractivity contribution in [3.63, 3.8) is 0 Å². The lowest BCUT2D eigenvalue weighted by molar-refractivity contribution is 0.0941. The monoisotopic (exact) mass is 353 g/mol. The second-order valence-corrected chi connectivity index (χ2v) is 7.65. The van der Waals surface area contributed by atoms with Crippen molar-refractivity contribution in [1.29, 1.82) is 0 Å². The van der Waals surface area contributed by atoms with E-state index in [0.29, 0.717) is 18.2 Å². The molecular weight excluding hydrogens is 330 g/mol. The van der Waals surface area contributed by atoms with Crippen LogP contribution in [0.25, 0.3) is 16.3 Å². The molecule has 25 heavy (non-hydrogen) atoms. The number of rotatable bonds is 5. The van der Waals surface area contributed by atoms with Gasteiger partial charge < -0.3 is 5.32 Å². The van der Waals surface area contributed by atoms with Gasteiger partial charge in [-0.3, -0.25) is 4.79 Å². The first-order valence-electron chi connectivity index (χ1n) is 8.45. The van der Waals surface area contributed by atoms with Crippen LogP contribution in [0.5, 0.6) is 0 Å². The third-order valence-corrected chi connectivity index (χ3v) is 4.87. The summed E-state index contributed by atoms with van der Waals surface area (Å²) in [4.78, 5) is 13.8. The second-order valence-electron chi connectivity index (χ2n) is 6.70. The Kier molecular flexibility index (Phi) is 5.04. The molecule has 1 amide bonds. The molecule has 2 aromatic heterocycles. The lowest BCUT2D eigenvalue weighted by Crippen LogP contribution is -2.29. The molecule has 0 unspecified atom stereocenters. The molecule has 0 bridgehead atoms. The molecule has 0 fully saturated rings. The van der Waals surface area contributed by atoms with Gasteiger partial charge in [-0.05, 0) is 54.5 Å². The Balaban J connectivity index is 2.08. The highest BCUT2D eigenvalue weighted by atomic mass is 32.1. The fourth-order valence-corrected chi connectivity index (χ4v) is 3.29.